The van der Waals surface area contributed by atoms with E-state index in [1.165, 1.54) is 23.5 Å². The van der Waals surface area contributed by atoms with E-state index in [-0.39, 0.29) is 28.4 Å². The number of benzene rings is 2. The molecule has 0 amide bonds. The number of hydrogen-bond acceptors (Lipinski definition) is 5. The van der Waals surface area contributed by atoms with Crippen molar-refractivity contribution in [3.63, 3.8) is 0 Å². The SMILES string of the molecule is O=C1c2ccccc2C(=O)c2c(O)cc(Oc3cccs3)cc21. The summed E-state index contributed by atoms with van der Waals surface area (Å²) in [7, 11) is 0. The van der Waals surface area contributed by atoms with Gasteiger partial charge >= 0.3 is 0 Å². The van der Waals surface area contributed by atoms with E-state index in [0.717, 1.165) is 0 Å². The van der Waals surface area contributed by atoms with Crippen LogP contribution < -0.4 is 4.74 Å². The largest absolute Gasteiger partial charge is 0.507 e. The quantitative estimate of drug-likeness (QED) is 0.605. The molecule has 0 atom stereocenters. The van der Waals surface area contributed by atoms with Gasteiger partial charge < -0.3 is 9.84 Å². The zero-order valence-corrected chi connectivity index (χ0v) is 12.6. The number of fused-ring (bicyclic) bond motifs is 2. The minimum atomic E-state index is -0.352. The fourth-order valence-electron chi connectivity index (χ4n) is 2.67. The zero-order valence-electron chi connectivity index (χ0n) is 11.8. The smallest absolute Gasteiger partial charge is 0.198 e. The summed E-state index contributed by atoms with van der Waals surface area (Å²) in [4.78, 5) is 25.2. The van der Waals surface area contributed by atoms with Crippen LogP contribution in [0.25, 0.3) is 0 Å². The molecule has 0 bridgehead atoms. The van der Waals surface area contributed by atoms with Crippen molar-refractivity contribution in [3.8, 4) is 16.6 Å². The number of thiophene rings is 1. The number of aromatic hydroxyl groups is 1. The molecule has 0 spiro atoms. The molecular weight excluding hydrogens is 312 g/mol. The van der Waals surface area contributed by atoms with Crippen molar-refractivity contribution in [1.82, 2.24) is 0 Å². The molecular formula is C18H10O4S. The summed E-state index contributed by atoms with van der Waals surface area (Å²) in [6.45, 7) is 0. The third-order valence-corrected chi connectivity index (χ3v) is 4.44. The molecule has 0 aliphatic heterocycles. The highest BCUT2D eigenvalue weighted by Crippen LogP contribution is 2.37. The van der Waals surface area contributed by atoms with Gasteiger partial charge in [0.05, 0.1) is 5.56 Å². The Balaban J connectivity index is 1.86. The highest BCUT2D eigenvalue weighted by atomic mass is 32.1. The number of carbonyl (C=O) groups excluding carboxylic acids is 2. The average Bonchev–Trinajstić information content (AvgIpc) is 3.05. The van der Waals surface area contributed by atoms with E-state index in [0.29, 0.717) is 21.9 Å². The van der Waals surface area contributed by atoms with Gasteiger partial charge in [0.25, 0.3) is 0 Å². The predicted octanol–water partition coefficient (Wildman–Crippen LogP) is 4.02. The van der Waals surface area contributed by atoms with Gasteiger partial charge in [0.1, 0.15) is 11.5 Å². The first-order valence-electron chi connectivity index (χ1n) is 6.92. The van der Waals surface area contributed by atoms with E-state index < -0.39 is 0 Å². The topological polar surface area (TPSA) is 63.6 Å². The van der Waals surface area contributed by atoms with Gasteiger partial charge in [0.2, 0.25) is 0 Å². The Morgan fingerprint density at radius 1 is 0.870 bits per heavy atom. The standard InChI is InChI=1S/C18H10O4S/c19-14-9-10(22-15-6-3-7-23-15)8-13-16(14)18(21)12-5-2-1-4-11(12)17(13)20/h1-9,19H. The van der Waals surface area contributed by atoms with Crippen LogP contribution in [0.1, 0.15) is 31.8 Å². The fraction of sp³-hybridized carbons (Fsp3) is 0. The number of ketones is 2. The second kappa shape index (κ2) is 5.07. The maximum atomic E-state index is 12.6. The van der Waals surface area contributed by atoms with Crippen LogP contribution in [-0.4, -0.2) is 16.7 Å². The monoisotopic (exact) mass is 322 g/mol. The molecule has 1 aliphatic carbocycles. The van der Waals surface area contributed by atoms with Crippen LogP contribution in [-0.2, 0) is 0 Å². The van der Waals surface area contributed by atoms with Crippen molar-refractivity contribution >= 4 is 22.9 Å². The van der Waals surface area contributed by atoms with Crippen molar-refractivity contribution < 1.29 is 19.4 Å². The summed E-state index contributed by atoms with van der Waals surface area (Å²) in [5, 5.41) is 12.7. The number of phenolic OH excluding ortho intramolecular Hbond substituents is 1. The molecule has 0 radical (unpaired) electrons. The molecule has 0 unspecified atom stereocenters. The molecule has 1 heterocycles. The van der Waals surface area contributed by atoms with Crippen LogP contribution in [0.2, 0.25) is 0 Å². The molecule has 1 N–H and O–H groups in total. The van der Waals surface area contributed by atoms with E-state index in [4.69, 9.17) is 4.74 Å². The highest BCUT2D eigenvalue weighted by Gasteiger charge is 2.32. The normalized spacial score (nSPS) is 12.7. The summed E-state index contributed by atoms with van der Waals surface area (Å²) < 4.78 is 5.63. The Kier molecular flexibility index (Phi) is 3.02. The maximum Gasteiger partial charge on any atom is 0.198 e. The molecule has 1 aliphatic rings. The second-order valence-electron chi connectivity index (χ2n) is 5.10. The Bertz CT molecular complexity index is 942. The second-order valence-corrected chi connectivity index (χ2v) is 6.01. The van der Waals surface area contributed by atoms with E-state index in [1.807, 2.05) is 11.4 Å². The third-order valence-electron chi connectivity index (χ3n) is 3.69. The van der Waals surface area contributed by atoms with Crippen molar-refractivity contribution in [2.45, 2.75) is 0 Å². The van der Waals surface area contributed by atoms with E-state index in [2.05, 4.69) is 0 Å². The highest BCUT2D eigenvalue weighted by molar-refractivity contribution is 7.11. The lowest BCUT2D eigenvalue weighted by atomic mass is 9.83. The van der Waals surface area contributed by atoms with Crippen molar-refractivity contribution in [2.24, 2.45) is 0 Å². The first-order chi connectivity index (χ1) is 11.1. The van der Waals surface area contributed by atoms with Gasteiger partial charge in [-0.2, -0.15) is 0 Å². The Morgan fingerprint density at radius 2 is 1.61 bits per heavy atom. The van der Waals surface area contributed by atoms with Gasteiger partial charge in [-0.25, -0.2) is 0 Å². The molecule has 23 heavy (non-hydrogen) atoms. The summed E-state index contributed by atoms with van der Waals surface area (Å²) in [6, 6.07) is 13.1. The summed E-state index contributed by atoms with van der Waals surface area (Å²) in [5.41, 5.74) is 0.859. The van der Waals surface area contributed by atoms with Crippen LogP contribution in [0.5, 0.6) is 16.6 Å². The molecule has 0 saturated carbocycles. The molecule has 2 aromatic carbocycles. The Hall–Kier alpha value is -2.92. The first kappa shape index (κ1) is 13.7. The van der Waals surface area contributed by atoms with Gasteiger partial charge in [-0.3, -0.25) is 9.59 Å². The molecule has 0 saturated heterocycles. The van der Waals surface area contributed by atoms with Crippen LogP contribution in [0.3, 0.4) is 0 Å². The maximum absolute atomic E-state index is 12.6. The van der Waals surface area contributed by atoms with Crippen LogP contribution in [0, 0.1) is 0 Å². The van der Waals surface area contributed by atoms with Crippen LogP contribution >= 0.6 is 11.3 Å². The van der Waals surface area contributed by atoms with Gasteiger partial charge in [-0.1, -0.05) is 24.3 Å². The minimum Gasteiger partial charge on any atom is -0.507 e. The molecule has 5 heteroatoms. The Morgan fingerprint density at radius 3 is 2.30 bits per heavy atom. The lowest BCUT2D eigenvalue weighted by Crippen LogP contribution is -2.20. The molecule has 4 rings (SSSR count). The molecule has 0 fully saturated rings. The molecule has 112 valence electrons. The van der Waals surface area contributed by atoms with Crippen molar-refractivity contribution in [2.75, 3.05) is 0 Å². The van der Waals surface area contributed by atoms with Gasteiger partial charge in [0.15, 0.2) is 16.6 Å². The number of carbonyl (C=O) groups is 2. The summed E-state index contributed by atoms with van der Waals surface area (Å²) in [6.07, 6.45) is 0. The molecule has 4 nitrogen and oxygen atoms in total. The lowest BCUT2D eigenvalue weighted by Gasteiger charge is -2.19. The average molecular weight is 322 g/mol. The van der Waals surface area contributed by atoms with Crippen LogP contribution in [0.4, 0.5) is 0 Å². The van der Waals surface area contributed by atoms with Gasteiger partial charge in [-0.05, 0) is 23.6 Å². The van der Waals surface area contributed by atoms with Gasteiger partial charge in [0, 0.05) is 22.8 Å². The first-order valence-corrected chi connectivity index (χ1v) is 7.80. The number of ether oxygens (including phenoxy) is 1. The van der Waals surface area contributed by atoms with Crippen molar-refractivity contribution in [3.05, 3.63) is 76.2 Å². The number of hydrogen-bond donors (Lipinski definition) is 1. The van der Waals surface area contributed by atoms with Gasteiger partial charge in [-0.15, -0.1) is 11.3 Å². The van der Waals surface area contributed by atoms with E-state index in [1.54, 1.807) is 30.3 Å². The summed E-state index contributed by atoms with van der Waals surface area (Å²) in [5.74, 6) is -0.566. The number of rotatable bonds is 2. The lowest BCUT2D eigenvalue weighted by molar-refractivity contribution is 0.0976. The van der Waals surface area contributed by atoms with E-state index in [9.17, 15) is 14.7 Å². The van der Waals surface area contributed by atoms with E-state index >= 15 is 0 Å². The number of phenols is 1. The zero-order chi connectivity index (χ0) is 16.0. The Labute approximate surface area is 135 Å². The predicted molar refractivity (Wildman–Crippen MR) is 85.8 cm³/mol. The summed E-state index contributed by atoms with van der Waals surface area (Å²) >= 11 is 1.40. The fourth-order valence-corrected chi connectivity index (χ4v) is 3.27. The van der Waals surface area contributed by atoms with Crippen LogP contribution in [0.15, 0.2) is 53.9 Å². The third kappa shape index (κ3) is 2.13. The molecule has 3 aromatic rings. The molecule has 1 aromatic heterocycles. The van der Waals surface area contributed by atoms with Crippen molar-refractivity contribution in [1.29, 1.82) is 0 Å². The minimum absolute atomic E-state index is 0.0345.